The molecule has 0 spiro atoms. The topological polar surface area (TPSA) is 32.8 Å². The molecular formula is C25H43N2O2PS6. The van der Waals surface area contributed by atoms with E-state index in [0.717, 1.165) is 27.4 Å². The van der Waals surface area contributed by atoms with Gasteiger partial charge in [0.1, 0.15) is 5.75 Å². The summed E-state index contributed by atoms with van der Waals surface area (Å²) in [6.07, 6.45) is 13.0. The minimum Gasteiger partial charge on any atom is -0.422 e. The first kappa shape index (κ1) is 31.8. The van der Waals surface area contributed by atoms with E-state index in [1.807, 2.05) is 31.8 Å². The minimum absolute atomic E-state index is 0.686. The molecule has 3 rings (SSSR count). The summed E-state index contributed by atoms with van der Waals surface area (Å²) in [4.78, 5) is 0. The van der Waals surface area contributed by atoms with Crippen molar-refractivity contribution in [3.05, 3.63) is 29.8 Å². The fraction of sp³-hybridized carbons (Fsp3) is 0.760. The van der Waals surface area contributed by atoms with Gasteiger partial charge >= 0.3 is 7.67 Å². The fourth-order valence-corrected chi connectivity index (χ4v) is 18.7. The van der Waals surface area contributed by atoms with Crippen molar-refractivity contribution in [3.8, 4) is 5.75 Å². The van der Waals surface area contributed by atoms with Gasteiger partial charge in [-0.2, -0.15) is 0 Å². The van der Waals surface area contributed by atoms with Crippen molar-refractivity contribution in [3.63, 3.8) is 0 Å². The van der Waals surface area contributed by atoms with Gasteiger partial charge < -0.3 is 4.52 Å². The van der Waals surface area contributed by atoms with E-state index in [1.54, 1.807) is 37.5 Å². The Labute approximate surface area is 243 Å². The van der Waals surface area contributed by atoms with Crippen LogP contribution in [0.4, 0.5) is 0 Å². The average molecular weight is 627 g/mol. The van der Waals surface area contributed by atoms with Crippen LogP contribution in [0.25, 0.3) is 0 Å². The molecule has 206 valence electrons. The van der Waals surface area contributed by atoms with Gasteiger partial charge in [0, 0.05) is 21.0 Å². The number of fused-ring (bicyclic) bond motifs is 2. The van der Waals surface area contributed by atoms with Gasteiger partial charge in [-0.25, -0.2) is 13.9 Å². The predicted octanol–water partition coefficient (Wildman–Crippen LogP) is 9.93. The van der Waals surface area contributed by atoms with E-state index >= 15 is 0 Å². The maximum Gasteiger partial charge on any atom is 0.394 e. The summed E-state index contributed by atoms with van der Waals surface area (Å²) in [5.41, 5.74) is 1.26. The smallest absolute Gasteiger partial charge is 0.394 e. The Bertz CT molecular complexity index is 821. The molecule has 0 aliphatic carbocycles. The molecule has 1 aromatic rings. The van der Waals surface area contributed by atoms with Crippen molar-refractivity contribution in [1.29, 1.82) is 0 Å². The first-order valence-corrected chi connectivity index (χ1v) is 21.8. The summed E-state index contributed by atoms with van der Waals surface area (Å²) in [5, 5.41) is 3.31. The van der Waals surface area contributed by atoms with Crippen LogP contribution in [0.5, 0.6) is 5.75 Å². The molecule has 11 heteroatoms. The zero-order chi connectivity index (χ0) is 26.0. The molecule has 0 saturated carbocycles. The molecule has 2 aliphatic rings. The molecule has 2 saturated heterocycles. The predicted molar refractivity (Wildman–Crippen MR) is 174 cm³/mol. The van der Waals surface area contributed by atoms with E-state index in [1.165, 1.54) is 63.4 Å². The Balaban J connectivity index is 1.35. The highest BCUT2D eigenvalue weighted by Gasteiger charge is 2.38. The number of hydrogen-bond acceptors (Lipinski definition) is 8. The number of nitrogens with zero attached hydrogens (tertiary/aromatic N) is 2. The van der Waals surface area contributed by atoms with Gasteiger partial charge in [-0.1, -0.05) is 94.3 Å². The number of benzene rings is 1. The fourth-order valence-electron chi connectivity index (χ4n) is 4.51. The Hall–Kier alpha value is 1.27. The lowest BCUT2D eigenvalue weighted by atomic mass is 10.0. The highest BCUT2D eigenvalue weighted by molar-refractivity contribution is 9.26. The lowest BCUT2D eigenvalue weighted by Crippen LogP contribution is -2.24. The lowest BCUT2D eigenvalue weighted by molar-refractivity contribution is 0.354. The normalized spacial score (nSPS) is 25.1. The monoisotopic (exact) mass is 626 g/mol. The zero-order valence-corrected chi connectivity index (χ0v) is 28.1. The third kappa shape index (κ3) is 9.72. The standard InChI is InChI=1S/C25H43N2O2PS6/c1-6-13-22-24-19-25(32-31-24)23(34-36-35-33-22)17-11-9-7-8-10-14-20-15-12-16-21(18-20)29-30(28,26(2)3)27(4)5/h12,15-16,18,22-25H,6-11,13-14,17,19H2,1-5H3. The minimum atomic E-state index is -3.02. The first-order chi connectivity index (χ1) is 17.3. The molecular weight excluding hydrogens is 584 g/mol. The van der Waals surface area contributed by atoms with Crippen LogP contribution < -0.4 is 4.52 Å². The maximum atomic E-state index is 13.1. The maximum absolute atomic E-state index is 13.1. The first-order valence-electron chi connectivity index (χ1n) is 13.0. The average Bonchev–Trinajstić information content (AvgIpc) is 3.35. The molecule has 4 atom stereocenters. The van der Waals surface area contributed by atoms with Crippen LogP contribution in [0.2, 0.25) is 0 Å². The summed E-state index contributed by atoms with van der Waals surface area (Å²) < 4.78 is 22.4. The highest BCUT2D eigenvalue weighted by atomic mass is 33.7. The largest absolute Gasteiger partial charge is 0.422 e. The third-order valence-corrected chi connectivity index (χ3v) is 20.3. The molecule has 2 aliphatic heterocycles. The van der Waals surface area contributed by atoms with Crippen LogP contribution in [-0.4, -0.2) is 58.5 Å². The molecule has 0 N–H and O–H groups in total. The second-order valence-electron chi connectivity index (χ2n) is 9.93. The molecule has 2 heterocycles. The Morgan fingerprint density at radius 1 is 0.861 bits per heavy atom. The van der Waals surface area contributed by atoms with Crippen LogP contribution in [-0.2, 0) is 11.0 Å². The summed E-state index contributed by atoms with van der Waals surface area (Å²) >= 11 is 0. The Morgan fingerprint density at radius 2 is 1.47 bits per heavy atom. The zero-order valence-electron chi connectivity index (χ0n) is 22.3. The van der Waals surface area contributed by atoms with E-state index in [4.69, 9.17) is 4.52 Å². The second kappa shape index (κ2) is 16.5. The number of rotatable bonds is 14. The van der Waals surface area contributed by atoms with E-state index in [0.29, 0.717) is 5.75 Å². The van der Waals surface area contributed by atoms with Crippen LogP contribution in [0.3, 0.4) is 0 Å². The van der Waals surface area contributed by atoms with Crippen LogP contribution in [0, 0.1) is 0 Å². The molecule has 0 radical (unpaired) electrons. The lowest BCUT2D eigenvalue weighted by Gasteiger charge is -2.29. The van der Waals surface area contributed by atoms with E-state index in [2.05, 4.69) is 62.2 Å². The van der Waals surface area contributed by atoms with Gasteiger partial charge in [0.15, 0.2) is 0 Å². The summed E-state index contributed by atoms with van der Waals surface area (Å²) in [7, 11) is 16.9. The van der Waals surface area contributed by atoms with Crippen LogP contribution >= 0.6 is 70.5 Å². The van der Waals surface area contributed by atoms with Crippen molar-refractivity contribution in [2.24, 2.45) is 0 Å². The quantitative estimate of drug-likeness (QED) is 0.113. The SMILES string of the molecule is CCCC1SSSSC(CCCCCCCc2cccc(OP(=O)(N(C)C)N(C)C)c2)C2CC1SS2. The van der Waals surface area contributed by atoms with Gasteiger partial charge in [-0.15, -0.1) is 0 Å². The van der Waals surface area contributed by atoms with Crippen LogP contribution in [0.1, 0.15) is 70.3 Å². The number of unbranched alkanes of at least 4 members (excludes halogenated alkanes) is 4. The van der Waals surface area contributed by atoms with Gasteiger partial charge in [0.25, 0.3) is 0 Å². The molecule has 2 fully saturated rings. The van der Waals surface area contributed by atoms with Crippen molar-refractivity contribution >= 4 is 70.5 Å². The van der Waals surface area contributed by atoms with E-state index < -0.39 is 7.67 Å². The third-order valence-electron chi connectivity index (χ3n) is 6.61. The Kier molecular flexibility index (Phi) is 14.6. The van der Waals surface area contributed by atoms with Gasteiger partial charge in [0.2, 0.25) is 0 Å². The number of aryl methyl sites for hydroxylation is 1. The molecule has 4 nitrogen and oxygen atoms in total. The number of hydrogen-bond donors (Lipinski definition) is 0. The summed E-state index contributed by atoms with van der Waals surface area (Å²) in [6.45, 7) is 2.33. The van der Waals surface area contributed by atoms with Gasteiger partial charge in [0.05, 0.1) is 0 Å². The van der Waals surface area contributed by atoms with Crippen LogP contribution in [0.15, 0.2) is 24.3 Å². The van der Waals surface area contributed by atoms with Crippen molar-refractivity contribution in [1.82, 2.24) is 9.34 Å². The van der Waals surface area contributed by atoms with Crippen molar-refractivity contribution < 1.29 is 9.09 Å². The Morgan fingerprint density at radius 3 is 2.11 bits per heavy atom. The molecule has 2 bridgehead atoms. The van der Waals surface area contributed by atoms with E-state index in [9.17, 15) is 4.57 Å². The van der Waals surface area contributed by atoms with Gasteiger partial charge in [-0.3, -0.25) is 0 Å². The molecule has 0 amide bonds. The summed E-state index contributed by atoms with van der Waals surface area (Å²) in [6, 6.07) is 8.12. The highest BCUT2D eigenvalue weighted by Crippen LogP contribution is 2.60. The van der Waals surface area contributed by atoms with E-state index in [-0.39, 0.29) is 0 Å². The molecule has 36 heavy (non-hydrogen) atoms. The molecule has 1 aromatic carbocycles. The van der Waals surface area contributed by atoms with Crippen molar-refractivity contribution in [2.75, 3.05) is 28.2 Å². The van der Waals surface area contributed by atoms with Crippen molar-refractivity contribution in [2.45, 2.75) is 92.1 Å². The molecule has 4 unspecified atom stereocenters. The van der Waals surface area contributed by atoms with Gasteiger partial charge in [-0.05, 0) is 97.6 Å². The summed E-state index contributed by atoms with van der Waals surface area (Å²) in [5.74, 6) is 0.686. The second-order valence-corrected chi connectivity index (χ2v) is 21.7. The molecule has 0 aromatic heterocycles.